The van der Waals surface area contributed by atoms with Crippen LogP contribution in [-0.4, -0.2) is 22.2 Å². The van der Waals surface area contributed by atoms with E-state index in [4.69, 9.17) is 14.3 Å². The summed E-state index contributed by atoms with van der Waals surface area (Å²) in [5.41, 5.74) is 0.453. The minimum Gasteiger partial charge on any atom is -0.476 e. The van der Waals surface area contributed by atoms with E-state index in [0.29, 0.717) is 0 Å². The first-order chi connectivity index (χ1) is 9.56. The van der Waals surface area contributed by atoms with Crippen molar-refractivity contribution in [2.75, 3.05) is 5.32 Å². The topological polar surface area (TPSA) is 102 Å². The summed E-state index contributed by atoms with van der Waals surface area (Å²) < 4.78 is 9.94. The lowest BCUT2D eigenvalue weighted by Gasteiger charge is -2.05. The van der Waals surface area contributed by atoms with Gasteiger partial charge in [0.15, 0.2) is 5.89 Å². The molecule has 1 amide bonds. The average molecular weight is 276 g/mol. The van der Waals surface area contributed by atoms with Crippen LogP contribution in [0, 0.1) is 6.92 Å². The second kappa shape index (κ2) is 5.87. The Morgan fingerprint density at radius 1 is 1.35 bits per heavy atom. The van der Waals surface area contributed by atoms with E-state index in [2.05, 4.69) is 10.3 Å². The van der Waals surface area contributed by atoms with Crippen molar-refractivity contribution in [3.05, 3.63) is 47.5 Å². The average Bonchev–Trinajstić information content (AvgIpc) is 2.79. The van der Waals surface area contributed by atoms with E-state index in [9.17, 15) is 9.59 Å². The minimum absolute atomic E-state index is 0.0716. The fourth-order valence-electron chi connectivity index (χ4n) is 1.51. The maximum absolute atomic E-state index is 11.6. The summed E-state index contributed by atoms with van der Waals surface area (Å²) in [6, 6.07) is 9.08. The van der Waals surface area contributed by atoms with E-state index in [-0.39, 0.29) is 24.1 Å². The van der Waals surface area contributed by atoms with Crippen LogP contribution in [0.25, 0.3) is 0 Å². The number of rotatable bonds is 4. The van der Waals surface area contributed by atoms with Gasteiger partial charge in [-0.15, -0.1) is 0 Å². The molecule has 1 aromatic carbocycles. The molecule has 104 valence electrons. The second-order valence-corrected chi connectivity index (χ2v) is 3.90. The molecule has 0 aliphatic carbocycles. The zero-order valence-electron chi connectivity index (χ0n) is 10.6. The number of carboxylic acids is 1. The van der Waals surface area contributed by atoms with Crippen LogP contribution in [0.5, 0.6) is 0 Å². The molecule has 0 spiro atoms. The molecular formula is C13H12N2O5. The summed E-state index contributed by atoms with van der Waals surface area (Å²) in [4.78, 5) is 26.1. The minimum atomic E-state index is -1.29. The van der Waals surface area contributed by atoms with E-state index < -0.39 is 12.1 Å². The fraction of sp³-hybridized carbons (Fsp3) is 0.154. The third-order valence-corrected chi connectivity index (χ3v) is 2.37. The number of aromatic nitrogens is 1. The summed E-state index contributed by atoms with van der Waals surface area (Å²) in [5, 5.41) is 11.1. The molecule has 0 radical (unpaired) electrons. The second-order valence-electron chi connectivity index (χ2n) is 3.90. The number of hydrogen-bond acceptors (Lipinski definition) is 5. The lowest BCUT2D eigenvalue weighted by atomic mass is 10.2. The van der Waals surface area contributed by atoms with E-state index in [1.165, 1.54) is 6.92 Å². The zero-order valence-corrected chi connectivity index (χ0v) is 10.6. The molecule has 0 saturated heterocycles. The Morgan fingerprint density at radius 3 is 2.70 bits per heavy atom. The highest BCUT2D eigenvalue weighted by molar-refractivity contribution is 5.95. The van der Waals surface area contributed by atoms with E-state index in [1.807, 2.05) is 18.2 Å². The number of carbonyl (C=O) groups excluding carboxylic acids is 1. The van der Waals surface area contributed by atoms with Crippen LogP contribution in [-0.2, 0) is 11.3 Å². The van der Waals surface area contributed by atoms with Gasteiger partial charge in [-0.3, -0.25) is 5.32 Å². The van der Waals surface area contributed by atoms with Crippen molar-refractivity contribution in [3.8, 4) is 0 Å². The first-order valence-corrected chi connectivity index (χ1v) is 5.74. The van der Waals surface area contributed by atoms with Gasteiger partial charge in [-0.1, -0.05) is 30.3 Å². The first-order valence-electron chi connectivity index (χ1n) is 5.74. The molecule has 2 rings (SSSR count). The fourth-order valence-corrected chi connectivity index (χ4v) is 1.51. The lowest BCUT2D eigenvalue weighted by molar-refractivity contribution is 0.0692. The maximum Gasteiger partial charge on any atom is 0.414 e. The number of benzene rings is 1. The van der Waals surface area contributed by atoms with Crippen molar-refractivity contribution in [2.45, 2.75) is 13.5 Å². The van der Waals surface area contributed by atoms with Crippen molar-refractivity contribution in [2.24, 2.45) is 0 Å². The Bertz CT molecular complexity index is 621. The Labute approximate surface area is 114 Å². The number of nitrogens with zero attached hydrogens (tertiary/aromatic N) is 1. The summed E-state index contributed by atoms with van der Waals surface area (Å²) >= 11 is 0. The number of anilines is 1. The quantitative estimate of drug-likeness (QED) is 0.889. The van der Waals surface area contributed by atoms with Gasteiger partial charge < -0.3 is 14.3 Å². The molecule has 7 nitrogen and oxygen atoms in total. The lowest BCUT2D eigenvalue weighted by Crippen LogP contribution is -2.15. The van der Waals surface area contributed by atoms with Gasteiger partial charge in [-0.25, -0.2) is 14.6 Å². The number of amides is 1. The van der Waals surface area contributed by atoms with Crippen molar-refractivity contribution < 1.29 is 23.8 Å². The van der Waals surface area contributed by atoms with Crippen LogP contribution in [0.2, 0.25) is 0 Å². The van der Waals surface area contributed by atoms with Crippen LogP contribution in [0.1, 0.15) is 21.9 Å². The van der Waals surface area contributed by atoms with E-state index in [0.717, 1.165) is 5.56 Å². The number of nitrogens with one attached hydrogen (secondary N) is 1. The number of hydrogen-bond donors (Lipinski definition) is 2. The predicted molar refractivity (Wildman–Crippen MR) is 68.4 cm³/mol. The van der Waals surface area contributed by atoms with Gasteiger partial charge in [-0.05, 0) is 5.56 Å². The van der Waals surface area contributed by atoms with Gasteiger partial charge in [0, 0.05) is 6.92 Å². The van der Waals surface area contributed by atoms with Crippen LogP contribution < -0.4 is 5.32 Å². The number of oxazole rings is 1. The molecule has 2 aromatic rings. The third kappa shape index (κ3) is 3.35. The Morgan fingerprint density at radius 2 is 2.05 bits per heavy atom. The Balaban J connectivity index is 1.96. The molecule has 20 heavy (non-hydrogen) atoms. The van der Waals surface area contributed by atoms with Gasteiger partial charge in [-0.2, -0.15) is 0 Å². The first kappa shape index (κ1) is 13.6. The highest BCUT2D eigenvalue weighted by atomic mass is 16.6. The molecular weight excluding hydrogens is 264 g/mol. The SMILES string of the molecule is Cc1nc(C(=O)O)c(NC(=O)OCc2ccccc2)o1. The molecule has 7 heteroatoms. The molecule has 0 saturated carbocycles. The number of aryl methyl sites for hydroxylation is 1. The number of ether oxygens (including phenoxy) is 1. The molecule has 0 aliphatic rings. The van der Waals surface area contributed by atoms with Crippen molar-refractivity contribution in [1.82, 2.24) is 4.98 Å². The van der Waals surface area contributed by atoms with Crippen LogP contribution in [0.4, 0.5) is 10.7 Å². The molecule has 0 unspecified atom stereocenters. The highest BCUT2D eigenvalue weighted by Crippen LogP contribution is 2.17. The molecule has 0 atom stereocenters. The monoisotopic (exact) mass is 276 g/mol. The van der Waals surface area contributed by atoms with Gasteiger partial charge in [0.25, 0.3) is 0 Å². The van der Waals surface area contributed by atoms with Crippen LogP contribution >= 0.6 is 0 Å². The number of carbonyl (C=O) groups is 2. The van der Waals surface area contributed by atoms with Gasteiger partial charge in [0.2, 0.25) is 11.6 Å². The molecule has 1 aromatic heterocycles. The standard InChI is InChI=1S/C13H12N2O5/c1-8-14-10(12(16)17)11(20-8)15-13(18)19-7-9-5-3-2-4-6-9/h2-6H,7H2,1H3,(H,15,18)(H,16,17). The number of aromatic carboxylic acids is 1. The summed E-state index contributed by atoms with van der Waals surface area (Å²) in [6.07, 6.45) is -0.812. The Hall–Kier alpha value is -2.83. The zero-order chi connectivity index (χ0) is 14.5. The van der Waals surface area contributed by atoms with Crippen molar-refractivity contribution in [3.63, 3.8) is 0 Å². The van der Waals surface area contributed by atoms with Crippen LogP contribution in [0.15, 0.2) is 34.7 Å². The maximum atomic E-state index is 11.6. The summed E-state index contributed by atoms with van der Waals surface area (Å²) in [5.74, 6) is -1.39. The predicted octanol–water partition coefficient (Wildman–Crippen LogP) is 2.43. The summed E-state index contributed by atoms with van der Waals surface area (Å²) in [7, 11) is 0. The van der Waals surface area contributed by atoms with Crippen molar-refractivity contribution in [1.29, 1.82) is 0 Å². The van der Waals surface area contributed by atoms with Crippen molar-refractivity contribution >= 4 is 17.9 Å². The normalized spacial score (nSPS) is 10.1. The van der Waals surface area contributed by atoms with Crippen LogP contribution in [0.3, 0.4) is 0 Å². The smallest absolute Gasteiger partial charge is 0.414 e. The van der Waals surface area contributed by atoms with Gasteiger partial charge in [0.05, 0.1) is 0 Å². The molecule has 0 fully saturated rings. The number of carboxylic acid groups (broad SMARTS) is 1. The Kier molecular flexibility index (Phi) is 3.99. The highest BCUT2D eigenvalue weighted by Gasteiger charge is 2.20. The van der Waals surface area contributed by atoms with Gasteiger partial charge >= 0.3 is 12.1 Å². The third-order valence-electron chi connectivity index (χ3n) is 2.37. The van der Waals surface area contributed by atoms with E-state index >= 15 is 0 Å². The van der Waals surface area contributed by atoms with Gasteiger partial charge in [0.1, 0.15) is 6.61 Å². The van der Waals surface area contributed by atoms with E-state index in [1.54, 1.807) is 12.1 Å². The largest absolute Gasteiger partial charge is 0.476 e. The molecule has 0 bridgehead atoms. The molecule has 2 N–H and O–H groups in total. The molecule has 0 aliphatic heterocycles. The molecule has 1 heterocycles. The summed E-state index contributed by atoms with van der Waals surface area (Å²) in [6.45, 7) is 1.55.